The Labute approximate surface area is 119 Å². The zero-order valence-electron chi connectivity index (χ0n) is 12.0. The Kier molecular flexibility index (Phi) is 5.83. The molecule has 0 aliphatic carbocycles. The number of likely N-dealkylation sites (tertiary alicyclic amines) is 1. The van der Waals surface area contributed by atoms with Crippen molar-refractivity contribution in [3.8, 4) is 12.3 Å². The van der Waals surface area contributed by atoms with Gasteiger partial charge in [-0.05, 0) is 26.7 Å². The van der Waals surface area contributed by atoms with E-state index in [9.17, 15) is 9.59 Å². The second-order valence-electron chi connectivity index (χ2n) is 5.40. The molecule has 2 N–H and O–H groups in total. The van der Waals surface area contributed by atoms with Crippen LogP contribution < -0.4 is 5.32 Å². The molecule has 2 amide bonds. The average molecular weight is 282 g/mol. The van der Waals surface area contributed by atoms with E-state index in [4.69, 9.17) is 16.3 Å². The summed E-state index contributed by atoms with van der Waals surface area (Å²) in [6.07, 6.45) is 6.80. The van der Waals surface area contributed by atoms with Crippen LogP contribution in [0, 0.1) is 12.3 Å². The van der Waals surface area contributed by atoms with Crippen LogP contribution in [0.1, 0.15) is 33.1 Å². The van der Waals surface area contributed by atoms with Crippen LogP contribution in [0.15, 0.2) is 0 Å². The van der Waals surface area contributed by atoms with Crippen molar-refractivity contribution in [2.45, 2.75) is 44.8 Å². The molecule has 0 saturated carbocycles. The number of carbonyl (C=O) groups excluding carboxylic acids is 1. The first-order valence-electron chi connectivity index (χ1n) is 6.72. The van der Waals surface area contributed by atoms with E-state index in [0.29, 0.717) is 25.9 Å². The fourth-order valence-electron chi connectivity index (χ4n) is 1.92. The molecule has 1 aliphatic rings. The molecule has 0 aromatic carbocycles. The second kappa shape index (κ2) is 7.15. The van der Waals surface area contributed by atoms with Gasteiger partial charge in [0.1, 0.15) is 0 Å². The standard InChI is InChI=1S/C14H22N2O4/c1-4-14(2,3)15-13(19)16-8-5-11(6-9-16)20-10-7-12(17)18/h1,11H,5-10H2,2-3H3,(H,15,19)(H,17,18). The molecule has 1 saturated heterocycles. The molecular weight excluding hydrogens is 260 g/mol. The first kappa shape index (κ1) is 16.3. The number of aliphatic carboxylic acids is 1. The van der Waals surface area contributed by atoms with Gasteiger partial charge in [0.2, 0.25) is 0 Å². The Morgan fingerprint density at radius 2 is 2.05 bits per heavy atom. The van der Waals surface area contributed by atoms with Crippen LogP contribution in [0.3, 0.4) is 0 Å². The topological polar surface area (TPSA) is 78.9 Å². The first-order chi connectivity index (χ1) is 9.34. The van der Waals surface area contributed by atoms with Gasteiger partial charge in [-0.15, -0.1) is 6.42 Å². The van der Waals surface area contributed by atoms with Crippen LogP contribution in [0.5, 0.6) is 0 Å². The van der Waals surface area contributed by atoms with Crippen molar-refractivity contribution in [3.63, 3.8) is 0 Å². The van der Waals surface area contributed by atoms with Crippen LogP contribution in [0.4, 0.5) is 4.79 Å². The molecule has 0 unspecified atom stereocenters. The minimum atomic E-state index is -0.863. The van der Waals surface area contributed by atoms with E-state index in [0.717, 1.165) is 0 Å². The SMILES string of the molecule is C#CC(C)(C)NC(=O)N1CCC(OCCC(=O)O)CC1. The molecule has 0 aromatic heterocycles. The van der Waals surface area contributed by atoms with Gasteiger partial charge in [0.15, 0.2) is 0 Å². The number of ether oxygens (including phenoxy) is 1. The minimum Gasteiger partial charge on any atom is -0.481 e. The predicted octanol–water partition coefficient (Wildman–Crippen LogP) is 1.06. The first-order valence-corrected chi connectivity index (χ1v) is 6.72. The molecule has 1 rings (SSSR count). The van der Waals surface area contributed by atoms with Crippen LogP contribution in [-0.2, 0) is 9.53 Å². The smallest absolute Gasteiger partial charge is 0.318 e. The zero-order chi connectivity index (χ0) is 15.2. The summed E-state index contributed by atoms with van der Waals surface area (Å²) in [5, 5.41) is 11.3. The van der Waals surface area contributed by atoms with E-state index in [1.165, 1.54) is 0 Å². The fraction of sp³-hybridized carbons (Fsp3) is 0.714. The van der Waals surface area contributed by atoms with E-state index in [-0.39, 0.29) is 25.2 Å². The van der Waals surface area contributed by atoms with E-state index < -0.39 is 11.5 Å². The highest BCUT2D eigenvalue weighted by molar-refractivity contribution is 5.75. The lowest BCUT2D eigenvalue weighted by Gasteiger charge is -2.33. The Balaban J connectivity index is 2.30. The molecule has 0 radical (unpaired) electrons. The average Bonchev–Trinajstić information content (AvgIpc) is 2.38. The zero-order valence-corrected chi connectivity index (χ0v) is 12.0. The van der Waals surface area contributed by atoms with Crippen molar-refractivity contribution >= 4 is 12.0 Å². The molecule has 6 nitrogen and oxygen atoms in total. The minimum absolute atomic E-state index is 0.0110. The molecular formula is C14H22N2O4. The summed E-state index contributed by atoms with van der Waals surface area (Å²) < 4.78 is 5.47. The largest absolute Gasteiger partial charge is 0.481 e. The number of amides is 2. The Hall–Kier alpha value is -1.74. The van der Waals surface area contributed by atoms with Crippen LogP contribution in [0.2, 0.25) is 0 Å². The predicted molar refractivity (Wildman–Crippen MR) is 74.2 cm³/mol. The van der Waals surface area contributed by atoms with E-state index in [1.807, 2.05) is 0 Å². The molecule has 0 bridgehead atoms. The molecule has 6 heteroatoms. The Morgan fingerprint density at radius 1 is 1.45 bits per heavy atom. The number of carboxylic acid groups (broad SMARTS) is 1. The normalized spacial score (nSPS) is 16.6. The number of carboxylic acids is 1. The summed E-state index contributed by atoms with van der Waals surface area (Å²) in [4.78, 5) is 24.1. The number of terminal acetylenes is 1. The summed E-state index contributed by atoms with van der Waals surface area (Å²) >= 11 is 0. The highest BCUT2D eigenvalue weighted by Crippen LogP contribution is 2.14. The summed E-state index contributed by atoms with van der Waals surface area (Å²) in [5.41, 5.74) is -0.661. The van der Waals surface area contributed by atoms with Gasteiger partial charge in [0, 0.05) is 13.1 Å². The van der Waals surface area contributed by atoms with Gasteiger partial charge >= 0.3 is 12.0 Å². The van der Waals surface area contributed by atoms with Crippen molar-refractivity contribution in [1.29, 1.82) is 0 Å². The maximum Gasteiger partial charge on any atom is 0.318 e. The summed E-state index contributed by atoms with van der Waals surface area (Å²) in [5.74, 6) is 1.66. The third-order valence-electron chi connectivity index (χ3n) is 3.18. The molecule has 0 spiro atoms. The van der Waals surface area contributed by atoms with Gasteiger partial charge < -0.3 is 20.1 Å². The van der Waals surface area contributed by atoms with Crippen LogP contribution in [0.25, 0.3) is 0 Å². The summed E-state index contributed by atoms with van der Waals surface area (Å²) in [6.45, 7) is 4.93. The quantitative estimate of drug-likeness (QED) is 0.739. The lowest BCUT2D eigenvalue weighted by Crippen LogP contribution is -2.52. The lowest BCUT2D eigenvalue weighted by molar-refractivity contribution is -0.138. The van der Waals surface area contributed by atoms with Gasteiger partial charge in [-0.3, -0.25) is 4.79 Å². The third-order valence-corrected chi connectivity index (χ3v) is 3.18. The van der Waals surface area contributed by atoms with Crippen molar-refractivity contribution in [3.05, 3.63) is 0 Å². The van der Waals surface area contributed by atoms with E-state index >= 15 is 0 Å². The molecule has 0 atom stereocenters. The Morgan fingerprint density at radius 3 is 2.55 bits per heavy atom. The number of rotatable bonds is 5. The van der Waals surface area contributed by atoms with Gasteiger partial charge in [-0.1, -0.05) is 5.92 Å². The van der Waals surface area contributed by atoms with E-state index in [2.05, 4.69) is 11.2 Å². The number of piperidine rings is 1. The number of hydrogen-bond donors (Lipinski definition) is 2. The van der Waals surface area contributed by atoms with Crippen molar-refractivity contribution < 1.29 is 19.4 Å². The highest BCUT2D eigenvalue weighted by Gasteiger charge is 2.26. The van der Waals surface area contributed by atoms with Gasteiger partial charge in [0.05, 0.1) is 24.7 Å². The van der Waals surface area contributed by atoms with Gasteiger partial charge in [-0.25, -0.2) is 4.79 Å². The molecule has 20 heavy (non-hydrogen) atoms. The Bertz CT molecular complexity index is 392. The van der Waals surface area contributed by atoms with E-state index in [1.54, 1.807) is 18.7 Å². The van der Waals surface area contributed by atoms with Crippen molar-refractivity contribution in [2.75, 3.05) is 19.7 Å². The monoisotopic (exact) mass is 282 g/mol. The number of urea groups is 1. The van der Waals surface area contributed by atoms with Crippen LogP contribution >= 0.6 is 0 Å². The molecule has 1 fully saturated rings. The summed E-state index contributed by atoms with van der Waals surface area (Å²) in [6, 6.07) is -0.170. The molecule has 1 aliphatic heterocycles. The number of nitrogens with one attached hydrogen (secondary N) is 1. The number of carbonyl (C=O) groups is 2. The maximum atomic E-state index is 12.0. The highest BCUT2D eigenvalue weighted by atomic mass is 16.5. The fourth-order valence-corrected chi connectivity index (χ4v) is 1.92. The third kappa shape index (κ3) is 5.49. The lowest BCUT2D eigenvalue weighted by atomic mass is 10.1. The molecule has 112 valence electrons. The number of nitrogens with zero attached hydrogens (tertiary/aromatic N) is 1. The van der Waals surface area contributed by atoms with Crippen molar-refractivity contribution in [1.82, 2.24) is 10.2 Å². The number of hydrogen-bond acceptors (Lipinski definition) is 3. The van der Waals surface area contributed by atoms with Crippen molar-refractivity contribution in [2.24, 2.45) is 0 Å². The maximum absolute atomic E-state index is 12.0. The van der Waals surface area contributed by atoms with Gasteiger partial charge in [0.25, 0.3) is 0 Å². The second-order valence-corrected chi connectivity index (χ2v) is 5.40. The van der Waals surface area contributed by atoms with Gasteiger partial charge in [-0.2, -0.15) is 0 Å². The van der Waals surface area contributed by atoms with Crippen LogP contribution in [-0.4, -0.2) is 53.3 Å². The molecule has 0 aromatic rings. The summed E-state index contributed by atoms with van der Waals surface area (Å²) in [7, 11) is 0. The molecule has 1 heterocycles.